The van der Waals surface area contributed by atoms with Crippen molar-refractivity contribution < 1.29 is 19.7 Å². The Balaban J connectivity index is 1.64. The number of carbonyl (C=O) groups is 1. The first-order valence-corrected chi connectivity index (χ1v) is 13.4. The van der Waals surface area contributed by atoms with Gasteiger partial charge < -0.3 is 14.9 Å². The van der Waals surface area contributed by atoms with Crippen LogP contribution in [0, 0.1) is 11.3 Å². The van der Waals surface area contributed by atoms with E-state index in [4.69, 9.17) is 4.74 Å². The Labute approximate surface area is 204 Å². The summed E-state index contributed by atoms with van der Waals surface area (Å²) in [6.07, 6.45) is 11.5. The third-order valence-electron chi connectivity index (χ3n) is 7.41. The van der Waals surface area contributed by atoms with Gasteiger partial charge in [0.25, 0.3) is 0 Å². The van der Waals surface area contributed by atoms with Crippen LogP contribution in [0.3, 0.4) is 0 Å². The predicted octanol–water partition coefficient (Wildman–Crippen LogP) is 5.90. The molecule has 4 nitrogen and oxygen atoms in total. The summed E-state index contributed by atoms with van der Waals surface area (Å²) >= 11 is 1.85. The van der Waals surface area contributed by atoms with E-state index in [2.05, 4.69) is 38.7 Å². The molecule has 0 aromatic heterocycles. The zero-order valence-corrected chi connectivity index (χ0v) is 21.8. The van der Waals surface area contributed by atoms with Crippen molar-refractivity contribution in [1.82, 2.24) is 0 Å². The molecule has 0 aromatic carbocycles. The third-order valence-corrected chi connectivity index (χ3v) is 8.60. The summed E-state index contributed by atoms with van der Waals surface area (Å²) < 4.78 is 5.45. The zero-order chi connectivity index (χ0) is 24.4. The second-order valence-corrected chi connectivity index (χ2v) is 12.6. The number of hydrogen-bond acceptors (Lipinski definition) is 5. The molecule has 0 bridgehead atoms. The number of fused-ring (bicyclic) bond motifs is 1. The van der Waals surface area contributed by atoms with Crippen LogP contribution >= 0.6 is 11.8 Å². The average molecular weight is 475 g/mol. The van der Waals surface area contributed by atoms with Crippen molar-refractivity contribution in [1.29, 1.82) is 0 Å². The normalized spacial score (nSPS) is 33.7. The Morgan fingerprint density at radius 3 is 2.79 bits per heavy atom. The van der Waals surface area contributed by atoms with Gasteiger partial charge in [0.2, 0.25) is 0 Å². The molecule has 184 valence electrons. The van der Waals surface area contributed by atoms with Crippen molar-refractivity contribution in [2.75, 3.05) is 5.75 Å². The molecule has 2 saturated carbocycles. The molecule has 0 amide bonds. The van der Waals surface area contributed by atoms with Crippen LogP contribution in [0.4, 0.5) is 0 Å². The standard InChI is InChI=1S/C28H42O4S/c1-18-21(16-22(29)17-25(18)30)10-9-20-8-7-14-28(6)23(11-12-24(20)28)19(2)33-15-13-26(31)32-27(3,4)5/h9-11,19,22,24-25,29-30H,1,7-8,12-17H2,2-6H3/t19-,22+,24-,25-,28+/m0/s1. The van der Waals surface area contributed by atoms with Crippen molar-refractivity contribution in [3.8, 4) is 0 Å². The lowest BCUT2D eigenvalue weighted by Crippen LogP contribution is -2.33. The molecule has 0 unspecified atom stereocenters. The Bertz CT molecular complexity index is 846. The van der Waals surface area contributed by atoms with E-state index in [0.717, 1.165) is 29.7 Å². The minimum atomic E-state index is -0.645. The van der Waals surface area contributed by atoms with Crippen molar-refractivity contribution in [2.45, 2.75) is 103 Å². The smallest absolute Gasteiger partial charge is 0.307 e. The number of aliphatic hydroxyl groups is 2. The van der Waals surface area contributed by atoms with Crippen LogP contribution in [0.25, 0.3) is 0 Å². The van der Waals surface area contributed by atoms with Crippen molar-refractivity contribution in [3.63, 3.8) is 0 Å². The van der Waals surface area contributed by atoms with Crippen molar-refractivity contribution >= 4 is 17.7 Å². The van der Waals surface area contributed by atoms with E-state index in [1.165, 1.54) is 24.0 Å². The number of thioether (sulfide) groups is 1. The topological polar surface area (TPSA) is 66.8 Å². The summed E-state index contributed by atoms with van der Waals surface area (Å²) in [6.45, 7) is 14.4. The lowest BCUT2D eigenvalue weighted by molar-refractivity contribution is -0.154. The Hall–Kier alpha value is -1.30. The highest BCUT2D eigenvalue weighted by molar-refractivity contribution is 8.00. The van der Waals surface area contributed by atoms with E-state index in [-0.39, 0.29) is 11.4 Å². The molecule has 33 heavy (non-hydrogen) atoms. The molecule has 3 aliphatic carbocycles. The van der Waals surface area contributed by atoms with Crippen molar-refractivity contribution in [2.24, 2.45) is 11.3 Å². The van der Waals surface area contributed by atoms with E-state index in [1.54, 1.807) is 0 Å². The van der Waals surface area contributed by atoms with E-state index in [0.29, 0.717) is 30.4 Å². The number of allylic oxidation sites excluding steroid dienone is 4. The average Bonchev–Trinajstić information content (AvgIpc) is 3.05. The van der Waals surface area contributed by atoms with Crippen LogP contribution in [0.5, 0.6) is 0 Å². The highest BCUT2D eigenvalue weighted by Crippen LogP contribution is 2.56. The maximum Gasteiger partial charge on any atom is 0.307 e. The van der Waals surface area contributed by atoms with Gasteiger partial charge in [-0.1, -0.05) is 42.9 Å². The van der Waals surface area contributed by atoms with E-state index >= 15 is 0 Å². The van der Waals surface area contributed by atoms with E-state index < -0.39 is 17.8 Å². The molecule has 5 heteroatoms. The minimum absolute atomic E-state index is 0.123. The van der Waals surface area contributed by atoms with Crippen LogP contribution in [0.15, 0.2) is 47.1 Å². The number of esters is 1. The Kier molecular flexibility index (Phi) is 8.40. The molecule has 0 heterocycles. The second kappa shape index (κ2) is 10.5. The maximum atomic E-state index is 12.1. The summed E-state index contributed by atoms with van der Waals surface area (Å²) in [7, 11) is 0. The molecule has 3 rings (SSSR count). The number of aliphatic hydroxyl groups excluding tert-OH is 2. The summed E-state index contributed by atoms with van der Waals surface area (Å²) in [5, 5.41) is 20.6. The van der Waals surface area contributed by atoms with Crippen LogP contribution < -0.4 is 0 Å². The molecular formula is C28H42O4S. The van der Waals surface area contributed by atoms with Crippen LogP contribution in [-0.2, 0) is 9.53 Å². The molecule has 0 aromatic rings. The molecule has 2 N–H and O–H groups in total. The fourth-order valence-corrected chi connectivity index (χ4v) is 6.93. The quantitative estimate of drug-likeness (QED) is 0.370. The monoisotopic (exact) mass is 474 g/mol. The first-order chi connectivity index (χ1) is 15.4. The largest absolute Gasteiger partial charge is 0.460 e. The second-order valence-electron chi connectivity index (χ2n) is 11.1. The molecule has 0 saturated heterocycles. The number of hydrogen-bond donors (Lipinski definition) is 2. The summed E-state index contributed by atoms with van der Waals surface area (Å²) in [4.78, 5) is 12.1. The Morgan fingerprint density at radius 2 is 2.09 bits per heavy atom. The molecular weight excluding hydrogens is 432 g/mol. The van der Waals surface area contributed by atoms with Gasteiger partial charge in [-0.2, -0.15) is 11.8 Å². The van der Waals surface area contributed by atoms with E-state index in [9.17, 15) is 15.0 Å². The molecule has 5 atom stereocenters. The van der Waals surface area contributed by atoms with Gasteiger partial charge in [0, 0.05) is 17.4 Å². The predicted molar refractivity (Wildman–Crippen MR) is 137 cm³/mol. The fraction of sp³-hybridized carbons (Fsp3) is 0.679. The number of rotatable bonds is 6. The first kappa shape index (κ1) is 26.3. The van der Waals surface area contributed by atoms with Crippen molar-refractivity contribution in [3.05, 3.63) is 47.1 Å². The van der Waals surface area contributed by atoms with Crippen LogP contribution in [0.1, 0.15) is 79.6 Å². The Morgan fingerprint density at radius 1 is 1.36 bits per heavy atom. The summed E-state index contributed by atoms with van der Waals surface area (Å²) in [5.41, 5.74) is 4.43. The van der Waals surface area contributed by atoms with Gasteiger partial charge in [-0.15, -0.1) is 0 Å². The molecule has 3 aliphatic rings. The molecule has 0 radical (unpaired) electrons. The zero-order valence-electron chi connectivity index (χ0n) is 21.0. The SMILES string of the molecule is C=C1C(=CC=C2CCC[C@]3(C)C([C@H](C)SCCC(=O)OC(C)(C)C)=CC[C@@H]23)C[C@@H](O)C[C@@H]1O. The van der Waals surface area contributed by atoms with Gasteiger partial charge in [-0.25, -0.2) is 0 Å². The van der Waals surface area contributed by atoms with Gasteiger partial charge in [-0.05, 0) is 82.3 Å². The number of carbonyl (C=O) groups excluding carboxylic acids is 1. The molecule has 2 fully saturated rings. The minimum Gasteiger partial charge on any atom is -0.460 e. The molecule has 0 aliphatic heterocycles. The summed E-state index contributed by atoms with van der Waals surface area (Å²) in [5.74, 6) is 1.15. The third kappa shape index (κ3) is 6.43. The van der Waals surface area contributed by atoms with Crippen LogP contribution in [0.2, 0.25) is 0 Å². The van der Waals surface area contributed by atoms with Gasteiger partial charge in [0.15, 0.2) is 0 Å². The van der Waals surface area contributed by atoms with Gasteiger partial charge in [0.05, 0.1) is 18.6 Å². The fourth-order valence-electron chi connectivity index (χ4n) is 5.75. The van der Waals surface area contributed by atoms with Gasteiger partial charge >= 0.3 is 5.97 Å². The molecule has 0 spiro atoms. The number of ether oxygens (including phenoxy) is 1. The first-order valence-electron chi connectivity index (χ1n) is 12.4. The maximum absolute atomic E-state index is 12.1. The van der Waals surface area contributed by atoms with E-state index in [1.807, 2.05) is 32.5 Å². The van der Waals surface area contributed by atoms with Gasteiger partial charge in [-0.3, -0.25) is 4.79 Å². The highest BCUT2D eigenvalue weighted by atomic mass is 32.2. The van der Waals surface area contributed by atoms with Crippen LogP contribution in [-0.4, -0.2) is 45.0 Å². The lowest BCUT2D eigenvalue weighted by atomic mass is 9.64. The summed E-state index contributed by atoms with van der Waals surface area (Å²) in [6, 6.07) is 0. The van der Waals surface area contributed by atoms with Gasteiger partial charge in [0.1, 0.15) is 5.60 Å². The highest BCUT2D eigenvalue weighted by Gasteiger charge is 2.46. The lowest BCUT2D eigenvalue weighted by Gasteiger charge is -2.42.